The maximum absolute atomic E-state index is 11.2. The summed E-state index contributed by atoms with van der Waals surface area (Å²) in [7, 11) is -3.54. The monoisotopic (exact) mass is 203 g/mol. The van der Waals surface area contributed by atoms with Crippen molar-refractivity contribution < 1.29 is 8.42 Å². The van der Waals surface area contributed by atoms with Gasteiger partial charge in [-0.25, -0.2) is 0 Å². The first-order valence-corrected chi connectivity index (χ1v) is 5.36. The van der Waals surface area contributed by atoms with Crippen LogP contribution in [0.3, 0.4) is 0 Å². The molecule has 1 aliphatic rings. The van der Waals surface area contributed by atoms with Gasteiger partial charge in [0.2, 0.25) is 5.96 Å². The van der Waals surface area contributed by atoms with Crippen molar-refractivity contribution in [3.8, 4) is 0 Å². The summed E-state index contributed by atoms with van der Waals surface area (Å²) in [5.74, 6) is -0.0787. The first-order chi connectivity index (χ1) is 5.59. The van der Waals surface area contributed by atoms with Gasteiger partial charge in [-0.2, -0.15) is 8.42 Å². The third-order valence-electron chi connectivity index (χ3n) is 1.37. The Balaban J connectivity index is 2.72. The number of hydrogen-bond donors (Lipinski definition) is 2. The standard InChI is InChI=1S/C5H5N3O2S2/c6-5-7-4-3(1-2-11-4)12(9,10)8-5/h1-2H,(H3,6,7,8). The number of guanidine groups is 1. The maximum Gasteiger partial charge on any atom is 0.288 e. The van der Waals surface area contributed by atoms with Crippen LogP contribution in [-0.4, -0.2) is 14.4 Å². The van der Waals surface area contributed by atoms with Gasteiger partial charge in [0, 0.05) is 0 Å². The molecule has 0 radical (unpaired) electrons. The quantitative estimate of drug-likeness (QED) is 0.629. The molecule has 0 aliphatic carbocycles. The largest absolute Gasteiger partial charge is 0.369 e. The molecule has 5 nitrogen and oxygen atoms in total. The van der Waals surface area contributed by atoms with E-state index in [1.54, 1.807) is 5.38 Å². The summed E-state index contributed by atoms with van der Waals surface area (Å²) < 4.78 is 25.8. The third-order valence-corrected chi connectivity index (χ3v) is 3.66. The van der Waals surface area contributed by atoms with Crippen LogP contribution in [-0.2, 0) is 10.0 Å². The van der Waals surface area contributed by atoms with Gasteiger partial charge in [0.1, 0.15) is 9.90 Å². The Morgan fingerprint density at radius 1 is 1.58 bits per heavy atom. The maximum atomic E-state index is 11.2. The minimum atomic E-state index is -3.54. The second-order valence-electron chi connectivity index (χ2n) is 2.19. The van der Waals surface area contributed by atoms with Crippen molar-refractivity contribution in [3.63, 3.8) is 0 Å². The molecule has 0 bridgehead atoms. The number of rotatable bonds is 0. The average Bonchev–Trinajstić information content (AvgIpc) is 2.32. The molecule has 1 aromatic rings. The third kappa shape index (κ3) is 0.978. The lowest BCUT2D eigenvalue weighted by atomic mass is 10.6. The molecule has 2 rings (SSSR count). The van der Waals surface area contributed by atoms with Crippen LogP contribution in [0.15, 0.2) is 20.7 Å². The number of nitrogens with two attached hydrogens (primary N) is 1. The molecule has 0 saturated carbocycles. The zero-order valence-corrected chi connectivity index (χ0v) is 7.45. The lowest BCUT2D eigenvalue weighted by Gasteiger charge is -2.10. The second kappa shape index (κ2) is 2.20. The van der Waals surface area contributed by atoms with Crippen LogP contribution in [0.2, 0.25) is 0 Å². The Hall–Kier alpha value is -1.08. The van der Waals surface area contributed by atoms with E-state index in [2.05, 4.69) is 9.71 Å². The fourth-order valence-electron chi connectivity index (χ4n) is 0.910. The van der Waals surface area contributed by atoms with E-state index in [1.807, 2.05) is 0 Å². The molecule has 1 aliphatic heterocycles. The van der Waals surface area contributed by atoms with Gasteiger partial charge in [0.25, 0.3) is 10.0 Å². The molecular formula is C5H5N3O2S2. The van der Waals surface area contributed by atoms with Crippen LogP contribution in [0.1, 0.15) is 0 Å². The summed E-state index contributed by atoms with van der Waals surface area (Å²) in [5, 5.41) is 4.86. The van der Waals surface area contributed by atoms with Gasteiger partial charge < -0.3 is 11.1 Å². The van der Waals surface area contributed by atoms with E-state index in [0.717, 1.165) is 0 Å². The normalized spacial score (nSPS) is 19.2. The Labute approximate surface area is 73.0 Å². The lowest BCUT2D eigenvalue weighted by Crippen LogP contribution is -2.27. The predicted octanol–water partition coefficient (Wildman–Crippen LogP) is 0.177. The number of nitrogens with one attached hydrogen (secondary N) is 1. The molecule has 0 saturated heterocycles. The molecule has 3 N–H and O–H groups in total. The summed E-state index contributed by atoms with van der Waals surface area (Å²) in [6.45, 7) is 0. The average molecular weight is 203 g/mol. The molecule has 0 fully saturated rings. The molecule has 0 spiro atoms. The van der Waals surface area contributed by atoms with E-state index in [4.69, 9.17) is 5.73 Å². The first-order valence-electron chi connectivity index (χ1n) is 3.04. The van der Waals surface area contributed by atoms with Crippen molar-refractivity contribution in [1.82, 2.24) is 0 Å². The van der Waals surface area contributed by atoms with Gasteiger partial charge in [-0.15, -0.1) is 15.7 Å². The van der Waals surface area contributed by atoms with Crippen molar-refractivity contribution in [1.29, 1.82) is 0 Å². The molecule has 7 heteroatoms. The minimum absolute atomic E-state index is 0.0787. The second-order valence-corrected chi connectivity index (χ2v) is 4.68. The van der Waals surface area contributed by atoms with Crippen LogP contribution in [0.5, 0.6) is 0 Å². The van der Waals surface area contributed by atoms with Crippen molar-refractivity contribution in [2.45, 2.75) is 4.90 Å². The topological polar surface area (TPSA) is 84.5 Å². The number of anilines is 1. The minimum Gasteiger partial charge on any atom is -0.369 e. The Bertz CT molecular complexity index is 445. The Morgan fingerprint density at radius 3 is 3.08 bits per heavy atom. The zero-order valence-electron chi connectivity index (χ0n) is 5.81. The number of thiophene rings is 1. The Kier molecular flexibility index (Phi) is 1.39. The van der Waals surface area contributed by atoms with Crippen molar-refractivity contribution in [2.24, 2.45) is 10.1 Å². The molecule has 1 aromatic heterocycles. The number of sulfonamides is 1. The Morgan fingerprint density at radius 2 is 2.33 bits per heavy atom. The lowest BCUT2D eigenvalue weighted by molar-refractivity contribution is 0.598. The van der Waals surface area contributed by atoms with Crippen LogP contribution in [0.4, 0.5) is 5.00 Å². The molecule has 0 aromatic carbocycles. The SMILES string of the molecule is NC1=NS(=O)(=O)c2ccsc2N1. The van der Waals surface area contributed by atoms with E-state index in [0.29, 0.717) is 5.00 Å². The van der Waals surface area contributed by atoms with Gasteiger partial charge in [0.05, 0.1) is 0 Å². The summed E-state index contributed by atoms with van der Waals surface area (Å²) >= 11 is 1.28. The van der Waals surface area contributed by atoms with E-state index < -0.39 is 10.0 Å². The summed E-state index contributed by atoms with van der Waals surface area (Å²) in [4.78, 5) is 0.196. The first kappa shape index (κ1) is 7.56. The summed E-state index contributed by atoms with van der Waals surface area (Å²) in [5.41, 5.74) is 5.25. The molecule has 0 amide bonds. The van der Waals surface area contributed by atoms with Crippen molar-refractivity contribution in [2.75, 3.05) is 5.32 Å². The molecule has 12 heavy (non-hydrogen) atoms. The molecular weight excluding hydrogens is 198 g/mol. The molecule has 0 unspecified atom stereocenters. The number of nitrogens with zero attached hydrogens (tertiary/aromatic N) is 1. The highest BCUT2D eigenvalue weighted by molar-refractivity contribution is 7.90. The van der Waals surface area contributed by atoms with Gasteiger partial charge in [-0.3, -0.25) is 0 Å². The summed E-state index contributed by atoms with van der Waals surface area (Å²) in [6.07, 6.45) is 0. The van der Waals surface area contributed by atoms with Gasteiger partial charge in [-0.1, -0.05) is 0 Å². The van der Waals surface area contributed by atoms with Gasteiger partial charge in [0.15, 0.2) is 0 Å². The fourth-order valence-corrected chi connectivity index (χ4v) is 3.07. The number of hydrogen-bond acceptors (Lipinski definition) is 5. The summed E-state index contributed by atoms with van der Waals surface area (Å²) in [6, 6.07) is 1.50. The van der Waals surface area contributed by atoms with Crippen molar-refractivity contribution >= 4 is 32.3 Å². The van der Waals surface area contributed by atoms with Crippen molar-refractivity contribution in [3.05, 3.63) is 11.4 Å². The van der Waals surface area contributed by atoms with E-state index in [1.165, 1.54) is 17.4 Å². The highest BCUT2D eigenvalue weighted by Gasteiger charge is 2.24. The fraction of sp³-hybridized carbons (Fsp3) is 0. The van der Waals surface area contributed by atoms with Gasteiger partial charge in [-0.05, 0) is 11.4 Å². The highest BCUT2D eigenvalue weighted by atomic mass is 32.2. The predicted molar refractivity (Wildman–Crippen MR) is 46.7 cm³/mol. The van der Waals surface area contributed by atoms with E-state index in [9.17, 15) is 8.42 Å². The smallest absolute Gasteiger partial charge is 0.288 e. The van der Waals surface area contributed by atoms with Crippen LogP contribution < -0.4 is 11.1 Å². The van der Waals surface area contributed by atoms with Crippen LogP contribution in [0, 0.1) is 0 Å². The molecule has 2 heterocycles. The molecule has 0 atom stereocenters. The van der Waals surface area contributed by atoms with E-state index >= 15 is 0 Å². The van der Waals surface area contributed by atoms with Gasteiger partial charge >= 0.3 is 0 Å². The number of fused-ring (bicyclic) bond motifs is 1. The molecule has 64 valence electrons. The zero-order chi connectivity index (χ0) is 8.77. The highest BCUT2D eigenvalue weighted by Crippen LogP contribution is 2.31. The van der Waals surface area contributed by atoms with E-state index in [-0.39, 0.29) is 10.9 Å². The van der Waals surface area contributed by atoms with Crippen LogP contribution in [0.25, 0.3) is 0 Å². The van der Waals surface area contributed by atoms with Crippen LogP contribution >= 0.6 is 11.3 Å².